The molecule has 0 aliphatic carbocycles. The highest BCUT2D eigenvalue weighted by atomic mass is 19.2. The van der Waals surface area contributed by atoms with Crippen molar-refractivity contribution in [1.29, 1.82) is 0 Å². The molecule has 1 aliphatic heterocycles. The molecular formula is C15H22F2N2. The van der Waals surface area contributed by atoms with E-state index in [0.29, 0.717) is 18.5 Å². The predicted molar refractivity (Wildman–Crippen MR) is 72.9 cm³/mol. The van der Waals surface area contributed by atoms with Gasteiger partial charge in [-0.3, -0.25) is 4.90 Å². The Hall–Kier alpha value is -1.00. The quantitative estimate of drug-likeness (QED) is 0.903. The van der Waals surface area contributed by atoms with Crippen LogP contribution in [0.5, 0.6) is 0 Å². The van der Waals surface area contributed by atoms with Gasteiger partial charge in [0.25, 0.3) is 0 Å². The van der Waals surface area contributed by atoms with Crippen molar-refractivity contribution < 1.29 is 8.78 Å². The fraction of sp³-hybridized carbons (Fsp3) is 0.600. The van der Waals surface area contributed by atoms with Gasteiger partial charge < -0.3 is 5.32 Å². The maximum absolute atomic E-state index is 13.2. The van der Waals surface area contributed by atoms with E-state index in [1.54, 1.807) is 6.07 Å². The standard InChI is InChI=1S/C15H22F2N2/c1-11(2)7-13-9-18-5-6-19(13)10-12-3-4-14(16)15(17)8-12/h3-4,8,11,13,18H,5-7,9-10H2,1-2H3. The molecule has 1 saturated heterocycles. The second-order valence-electron chi connectivity index (χ2n) is 5.71. The van der Waals surface area contributed by atoms with Crippen LogP contribution in [0, 0.1) is 17.6 Å². The maximum atomic E-state index is 13.2. The lowest BCUT2D eigenvalue weighted by atomic mass is 10.00. The van der Waals surface area contributed by atoms with Crippen molar-refractivity contribution in [3.05, 3.63) is 35.4 Å². The van der Waals surface area contributed by atoms with E-state index in [0.717, 1.165) is 31.6 Å². The van der Waals surface area contributed by atoms with Gasteiger partial charge in [0.2, 0.25) is 0 Å². The van der Waals surface area contributed by atoms with Gasteiger partial charge in [-0.15, -0.1) is 0 Å². The molecule has 2 rings (SSSR count). The van der Waals surface area contributed by atoms with Crippen LogP contribution in [0.2, 0.25) is 0 Å². The molecule has 106 valence electrons. The molecule has 1 unspecified atom stereocenters. The van der Waals surface area contributed by atoms with Crippen LogP contribution >= 0.6 is 0 Å². The molecule has 1 aromatic rings. The third kappa shape index (κ3) is 3.98. The summed E-state index contributed by atoms with van der Waals surface area (Å²) in [5, 5.41) is 3.40. The summed E-state index contributed by atoms with van der Waals surface area (Å²) >= 11 is 0. The van der Waals surface area contributed by atoms with Gasteiger partial charge in [0.1, 0.15) is 0 Å². The first kappa shape index (κ1) is 14.4. The van der Waals surface area contributed by atoms with Gasteiger partial charge >= 0.3 is 0 Å². The third-order valence-corrected chi connectivity index (χ3v) is 3.59. The maximum Gasteiger partial charge on any atom is 0.159 e. The summed E-state index contributed by atoms with van der Waals surface area (Å²) < 4.78 is 26.2. The van der Waals surface area contributed by atoms with Crippen LogP contribution in [-0.2, 0) is 6.54 Å². The van der Waals surface area contributed by atoms with Crippen LogP contribution in [-0.4, -0.2) is 30.6 Å². The van der Waals surface area contributed by atoms with Crippen LogP contribution in [0.4, 0.5) is 8.78 Å². The minimum Gasteiger partial charge on any atom is -0.314 e. The molecule has 0 radical (unpaired) electrons. The van der Waals surface area contributed by atoms with E-state index in [1.807, 2.05) is 0 Å². The van der Waals surface area contributed by atoms with Crippen molar-refractivity contribution >= 4 is 0 Å². The van der Waals surface area contributed by atoms with E-state index in [1.165, 1.54) is 12.1 Å². The Labute approximate surface area is 113 Å². The van der Waals surface area contributed by atoms with Crippen molar-refractivity contribution in [2.75, 3.05) is 19.6 Å². The molecule has 1 atom stereocenters. The van der Waals surface area contributed by atoms with Gasteiger partial charge in [0.15, 0.2) is 11.6 Å². The molecule has 19 heavy (non-hydrogen) atoms. The molecule has 2 nitrogen and oxygen atoms in total. The first-order valence-electron chi connectivity index (χ1n) is 6.95. The van der Waals surface area contributed by atoms with Crippen molar-refractivity contribution in [3.8, 4) is 0 Å². The van der Waals surface area contributed by atoms with Crippen molar-refractivity contribution in [1.82, 2.24) is 10.2 Å². The van der Waals surface area contributed by atoms with E-state index in [4.69, 9.17) is 0 Å². The minimum atomic E-state index is -0.775. The summed E-state index contributed by atoms with van der Waals surface area (Å²) in [7, 11) is 0. The molecule has 1 N–H and O–H groups in total. The van der Waals surface area contributed by atoms with E-state index in [9.17, 15) is 8.78 Å². The molecule has 1 fully saturated rings. The Morgan fingerprint density at radius 1 is 1.32 bits per heavy atom. The van der Waals surface area contributed by atoms with Gasteiger partial charge in [0.05, 0.1) is 0 Å². The molecule has 1 aromatic carbocycles. The van der Waals surface area contributed by atoms with Crippen LogP contribution in [0.1, 0.15) is 25.8 Å². The fourth-order valence-corrected chi connectivity index (χ4v) is 2.66. The first-order valence-corrected chi connectivity index (χ1v) is 6.95. The number of halogens is 2. The summed E-state index contributed by atoms with van der Waals surface area (Å²) in [5.41, 5.74) is 0.842. The number of nitrogens with zero attached hydrogens (tertiary/aromatic N) is 1. The Morgan fingerprint density at radius 2 is 2.11 bits per heavy atom. The molecule has 0 aromatic heterocycles. The van der Waals surface area contributed by atoms with Crippen molar-refractivity contribution in [2.45, 2.75) is 32.9 Å². The lowest BCUT2D eigenvalue weighted by Crippen LogP contribution is -2.51. The zero-order valence-corrected chi connectivity index (χ0v) is 11.6. The molecule has 4 heteroatoms. The summed E-state index contributed by atoms with van der Waals surface area (Å²) in [6.07, 6.45) is 1.12. The van der Waals surface area contributed by atoms with Gasteiger partial charge in [-0.25, -0.2) is 8.78 Å². The SMILES string of the molecule is CC(C)CC1CNCCN1Cc1ccc(F)c(F)c1. The summed E-state index contributed by atoms with van der Waals surface area (Å²) in [6.45, 7) is 8.00. The molecule has 0 amide bonds. The molecule has 0 saturated carbocycles. The second-order valence-corrected chi connectivity index (χ2v) is 5.71. The Kier molecular flexibility index (Phi) is 4.88. The van der Waals surface area contributed by atoms with Crippen LogP contribution in [0.3, 0.4) is 0 Å². The lowest BCUT2D eigenvalue weighted by Gasteiger charge is -2.37. The van der Waals surface area contributed by atoms with E-state index in [-0.39, 0.29) is 0 Å². The molecule has 0 spiro atoms. The van der Waals surface area contributed by atoms with E-state index < -0.39 is 11.6 Å². The van der Waals surface area contributed by atoms with Crippen LogP contribution in [0.15, 0.2) is 18.2 Å². The van der Waals surface area contributed by atoms with Crippen LogP contribution < -0.4 is 5.32 Å². The van der Waals surface area contributed by atoms with Gasteiger partial charge in [0, 0.05) is 32.2 Å². The summed E-state index contributed by atoms with van der Waals surface area (Å²) in [6, 6.07) is 4.67. The van der Waals surface area contributed by atoms with Crippen LogP contribution in [0.25, 0.3) is 0 Å². The van der Waals surface area contributed by atoms with Gasteiger partial charge in [-0.1, -0.05) is 19.9 Å². The lowest BCUT2D eigenvalue weighted by molar-refractivity contribution is 0.134. The highest BCUT2D eigenvalue weighted by Crippen LogP contribution is 2.17. The fourth-order valence-electron chi connectivity index (χ4n) is 2.66. The number of hydrogen-bond donors (Lipinski definition) is 1. The van der Waals surface area contributed by atoms with E-state index >= 15 is 0 Å². The number of rotatable bonds is 4. The monoisotopic (exact) mass is 268 g/mol. The van der Waals surface area contributed by atoms with Gasteiger partial charge in [-0.05, 0) is 30.0 Å². The number of benzene rings is 1. The highest BCUT2D eigenvalue weighted by molar-refractivity contribution is 5.18. The summed E-state index contributed by atoms with van der Waals surface area (Å²) in [4.78, 5) is 2.36. The molecule has 0 bridgehead atoms. The van der Waals surface area contributed by atoms with Crippen molar-refractivity contribution in [3.63, 3.8) is 0 Å². The Balaban J connectivity index is 2.04. The average molecular weight is 268 g/mol. The predicted octanol–water partition coefficient (Wildman–Crippen LogP) is 2.78. The van der Waals surface area contributed by atoms with E-state index in [2.05, 4.69) is 24.1 Å². The average Bonchev–Trinajstić information content (AvgIpc) is 2.36. The summed E-state index contributed by atoms with van der Waals surface area (Å²) in [5.74, 6) is -0.895. The normalized spacial score (nSPS) is 21.0. The highest BCUT2D eigenvalue weighted by Gasteiger charge is 2.23. The third-order valence-electron chi connectivity index (χ3n) is 3.59. The second kappa shape index (κ2) is 6.44. The Morgan fingerprint density at radius 3 is 2.79 bits per heavy atom. The molecular weight excluding hydrogens is 246 g/mol. The molecule has 1 aliphatic rings. The zero-order chi connectivity index (χ0) is 13.8. The smallest absolute Gasteiger partial charge is 0.159 e. The number of piperazine rings is 1. The van der Waals surface area contributed by atoms with Gasteiger partial charge in [-0.2, -0.15) is 0 Å². The number of nitrogens with one attached hydrogen (secondary N) is 1. The largest absolute Gasteiger partial charge is 0.314 e. The van der Waals surface area contributed by atoms with Crippen molar-refractivity contribution in [2.24, 2.45) is 5.92 Å². The number of hydrogen-bond acceptors (Lipinski definition) is 2. The first-order chi connectivity index (χ1) is 9.06. The molecule has 1 heterocycles. The minimum absolute atomic E-state index is 0.474. The zero-order valence-electron chi connectivity index (χ0n) is 11.6. The Bertz CT molecular complexity index is 421. The topological polar surface area (TPSA) is 15.3 Å².